The average Bonchev–Trinajstić information content (AvgIpc) is 2.61. The second-order valence-corrected chi connectivity index (χ2v) is 7.44. The first-order valence-corrected chi connectivity index (χ1v) is 9.11. The van der Waals surface area contributed by atoms with Crippen LogP contribution < -0.4 is 0 Å². The Morgan fingerprint density at radius 1 is 1.24 bits per heavy atom. The second kappa shape index (κ2) is 8.48. The fourth-order valence-corrected chi connectivity index (χ4v) is 3.32. The first-order chi connectivity index (χ1) is 11.8. The highest BCUT2D eigenvalue weighted by atomic mass is 16.3. The van der Waals surface area contributed by atoms with E-state index in [0.717, 1.165) is 24.9 Å². The van der Waals surface area contributed by atoms with Crippen molar-refractivity contribution in [3.8, 4) is 0 Å². The summed E-state index contributed by atoms with van der Waals surface area (Å²) in [5.74, 6) is 0.264. The number of benzene rings is 1. The van der Waals surface area contributed by atoms with Crippen molar-refractivity contribution in [3.05, 3.63) is 35.4 Å². The highest BCUT2D eigenvalue weighted by Gasteiger charge is 2.27. The summed E-state index contributed by atoms with van der Waals surface area (Å²) >= 11 is 0. The molecule has 2 atom stereocenters. The first kappa shape index (κ1) is 19.4. The summed E-state index contributed by atoms with van der Waals surface area (Å²) in [5.41, 5.74) is 1.67. The van der Waals surface area contributed by atoms with Crippen LogP contribution in [0.2, 0.25) is 0 Å². The normalized spacial score (nSPS) is 19.0. The molecule has 1 aliphatic heterocycles. The number of aliphatic hydroxyl groups excluding tert-OH is 1. The largest absolute Gasteiger partial charge is 0.393 e. The lowest BCUT2D eigenvalue weighted by atomic mass is 9.93. The lowest BCUT2D eigenvalue weighted by Gasteiger charge is -2.34. The molecular weight excluding hydrogens is 316 g/mol. The predicted octanol–water partition coefficient (Wildman–Crippen LogP) is 2.53. The van der Waals surface area contributed by atoms with Crippen LogP contribution in [0.3, 0.4) is 0 Å². The fourth-order valence-electron chi connectivity index (χ4n) is 3.32. The van der Waals surface area contributed by atoms with Crippen LogP contribution in [-0.2, 0) is 11.3 Å². The average molecular weight is 346 g/mol. The lowest BCUT2D eigenvalue weighted by molar-refractivity contribution is -0.133. The quantitative estimate of drug-likeness (QED) is 0.891. The maximum absolute atomic E-state index is 12.7. The number of rotatable bonds is 5. The molecule has 1 N–H and O–H groups in total. The Morgan fingerprint density at radius 2 is 1.88 bits per heavy atom. The van der Waals surface area contributed by atoms with E-state index in [1.807, 2.05) is 43.0 Å². The molecule has 1 fully saturated rings. The van der Waals surface area contributed by atoms with E-state index < -0.39 is 0 Å². The molecule has 2 rings (SSSR count). The zero-order chi connectivity index (χ0) is 18.6. The van der Waals surface area contributed by atoms with E-state index in [-0.39, 0.29) is 29.8 Å². The highest BCUT2D eigenvalue weighted by Crippen LogP contribution is 2.21. The van der Waals surface area contributed by atoms with Crippen LogP contribution in [0.1, 0.15) is 49.5 Å². The summed E-state index contributed by atoms with van der Waals surface area (Å²) in [5, 5.41) is 9.78. The number of hydrogen-bond donors (Lipinski definition) is 1. The maximum Gasteiger partial charge on any atom is 0.253 e. The van der Waals surface area contributed by atoms with Crippen LogP contribution in [0.15, 0.2) is 24.3 Å². The van der Waals surface area contributed by atoms with E-state index in [2.05, 4.69) is 0 Å². The summed E-state index contributed by atoms with van der Waals surface area (Å²) in [6, 6.07) is 7.48. The van der Waals surface area contributed by atoms with E-state index in [1.54, 1.807) is 18.9 Å². The van der Waals surface area contributed by atoms with Crippen LogP contribution in [0.4, 0.5) is 0 Å². The zero-order valence-corrected chi connectivity index (χ0v) is 15.7. The van der Waals surface area contributed by atoms with Crippen LogP contribution >= 0.6 is 0 Å². The summed E-state index contributed by atoms with van der Waals surface area (Å²) in [7, 11) is 1.80. The molecule has 1 aliphatic rings. The van der Waals surface area contributed by atoms with Gasteiger partial charge >= 0.3 is 0 Å². The highest BCUT2D eigenvalue weighted by molar-refractivity contribution is 5.94. The van der Waals surface area contributed by atoms with Gasteiger partial charge in [-0.1, -0.05) is 26.0 Å². The summed E-state index contributed by atoms with van der Waals surface area (Å²) in [6.07, 6.45) is 1.52. The molecule has 0 spiro atoms. The smallest absolute Gasteiger partial charge is 0.253 e. The Balaban J connectivity index is 1.99. The van der Waals surface area contributed by atoms with Gasteiger partial charge in [-0.2, -0.15) is 0 Å². The van der Waals surface area contributed by atoms with Crippen molar-refractivity contribution in [2.24, 2.45) is 11.8 Å². The Hall–Kier alpha value is -1.88. The molecular formula is C20H30N2O3. The third-order valence-corrected chi connectivity index (χ3v) is 4.92. The molecule has 1 saturated heterocycles. The molecule has 1 heterocycles. The van der Waals surface area contributed by atoms with Crippen molar-refractivity contribution in [1.29, 1.82) is 0 Å². The molecule has 1 aromatic rings. The molecule has 0 radical (unpaired) electrons. The molecule has 2 amide bonds. The monoisotopic (exact) mass is 346 g/mol. The number of carbonyl (C=O) groups excluding carboxylic acids is 2. The van der Waals surface area contributed by atoms with Crippen LogP contribution in [0, 0.1) is 11.8 Å². The van der Waals surface area contributed by atoms with Crippen molar-refractivity contribution in [3.63, 3.8) is 0 Å². The van der Waals surface area contributed by atoms with Crippen molar-refractivity contribution in [1.82, 2.24) is 9.80 Å². The number of nitrogens with zero attached hydrogens (tertiary/aromatic N) is 2. The van der Waals surface area contributed by atoms with Gasteiger partial charge in [-0.05, 0) is 37.5 Å². The molecule has 0 aliphatic carbocycles. The minimum atomic E-state index is -0.382. The first-order valence-electron chi connectivity index (χ1n) is 9.11. The third-order valence-electron chi connectivity index (χ3n) is 4.92. The van der Waals surface area contributed by atoms with Crippen LogP contribution in [0.5, 0.6) is 0 Å². The minimum absolute atomic E-state index is 0.0171. The van der Waals surface area contributed by atoms with Gasteiger partial charge in [0.25, 0.3) is 5.91 Å². The molecule has 5 heteroatoms. The van der Waals surface area contributed by atoms with Crippen molar-refractivity contribution >= 4 is 11.8 Å². The fraction of sp³-hybridized carbons (Fsp3) is 0.600. The van der Waals surface area contributed by atoms with Gasteiger partial charge in [-0.15, -0.1) is 0 Å². The van der Waals surface area contributed by atoms with E-state index >= 15 is 0 Å². The van der Waals surface area contributed by atoms with Crippen molar-refractivity contribution < 1.29 is 14.7 Å². The van der Waals surface area contributed by atoms with E-state index in [4.69, 9.17) is 0 Å². The number of piperidine rings is 1. The summed E-state index contributed by atoms with van der Waals surface area (Å²) in [4.78, 5) is 28.2. The van der Waals surface area contributed by atoms with Crippen LogP contribution in [0.25, 0.3) is 0 Å². The molecule has 0 saturated carbocycles. The molecule has 0 aromatic heterocycles. The number of carbonyl (C=O) groups is 2. The molecule has 138 valence electrons. The lowest BCUT2D eigenvalue weighted by Crippen LogP contribution is -2.42. The molecule has 1 aromatic carbocycles. The Kier molecular flexibility index (Phi) is 6.59. The number of amides is 2. The topological polar surface area (TPSA) is 60.9 Å². The van der Waals surface area contributed by atoms with Gasteiger partial charge in [0.15, 0.2) is 0 Å². The van der Waals surface area contributed by atoms with Crippen molar-refractivity contribution in [2.45, 2.75) is 46.3 Å². The Labute approximate surface area is 150 Å². The Bertz CT molecular complexity index is 595. The van der Waals surface area contributed by atoms with Gasteiger partial charge in [0, 0.05) is 44.1 Å². The SMILES string of the molecule is CC(C)C(=O)N(C)Cc1ccc(C(=O)N2CCCC(C(C)O)C2)cc1. The predicted molar refractivity (Wildman–Crippen MR) is 98.1 cm³/mol. The Morgan fingerprint density at radius 3 is 2.44 bits per heavy atom. The van der Waals surface area contributed by atoms with Crippen LogP contribution in [-0.4, -0.2) is 53.0 Å². The number of aliphatic hydroxyl groups is 1. The number of likely N-dealkylation sites (tertiary alicyclic amines) is 1. The second-order valence-electron chi connectivity index (χ2n) is 7.44. The molecule has 2 unspecified atom stereocenters. The third kappa shape index (κ3) is 5.05. The van der Waals surface area contributed by atoms with Gasteiger partial charge < -0.3 is 14.9 Å². The van der Waals surface area contributed by atoms with E-state index in [1.165, 1.54) is 0 Å². The standard InChI is InChI=1S/C20H30N2O3/c1-14(2)19(24)21(4)12-16-7-9-17(10-8-16)20(25)22-11-5-6-18(13-22)15(3)23/h7-10,14-15,18,23H,5-6,11-13H2,1-4H3. The zero-order valence-electron chi connectivity index (χ0n) is 15.7. The van der Waals surface area contributed by atoms with Crippen molar-refractivity contribution in [2.75, 3.05) is 20.1 Å². The van der Waals surface area contributed by atoms with Gasteiger partial charge in [0.05, 0.1) is 6.10 Å². The molecule has 25 heavy (non-hydrogen) atoms. The van der Waals surface area contributed by atoms with Gasteiger partial charge in [-0.25, -0.2) is 0 Å². The number of hydrogen-bond acceptors (Lipinski definition) is 3. The van der Waals surface area contributed by atoms with E-state index in [9.17, 15) is 14.7 Å². The van der Waals surface area contributed by atoms with Gasteiger partial charge in [-0.3, -0.25) is 9.59 Å². The van der Waals surface area contributed by atoms with Gasteiger partial charge in [0.2, 0.25) is 5.91 Å². The van der Waals surface area contributed by atoms with Gasteiger partial charge in [0.1, 0.15) is 0 Å². The molecule has 0 bridgehead atoms. The maximum atomic E-state index is 12.7. The van der Waals surface area contributed by atoms with E-state index in [0.29, 0.717) is 18.7 Å². The summed E-state index contributed by atoms with van der Waals surface area (Å²) in [6.45, 7) is 7.47. The molecule has 5 nitrogen and oxygen atoms in total. The minimum Gasteiger partial charge on any atom is -0.393 e. The summed E-state index contributed by atoms with van der Waals surface area (Å²) < 4.78 is 0.